The molecule has 3 aromatic carbocycles. The summed E-state index contributed by atoms with van der Waals surface area (Å²) in [6, 6.07) is 22.3. The van der Waals surface area contributed by atoms with E-state index in [2.05, 4.69) is 10.6 Å². The van der Waals surface area contributed by atoms with Crippen LogP contribution in [0.25, 0.3) is 11.1 Å². The lowest BCUT2D eigenvalue weighted by molar-refractivity contribution is -0.114. The Hall–Kier alpha value is -3.60. The first-order valence-corrected chi connectivity index (χ1v) is 8.50. The van der Waals surface area contributed by atoms with Crippen molar-refractivity contribution in [3.8, 4) is 16.9 Å². The highest BCUT2D eigenvalue weighted by Crippen LogP contribution is 2.29. The molecule has 0 radical (unpaired) electrons. The molecule has 0 unspecified atom stereocenters. The fraction of sp³-hybridized carbons (Fsp3) is 0.0909. The molecule has 0 saturated heterocycles. The number of rotatable bonds is 5. The van der Waals surface area contributed by atoms with Crippen molar-refractivity contribution in [3.63, 3.8) is 0 Å². The molecule has 0 heterocycles. The zero-order valence-corrected chi connectivity index (χ0v) is 15.2. The summed E-state index contributed by atoms with van der Waals surface area (Å²) in [5.74, 6) is 0.0764. The Labute approximate surface area is 158 Å². The number of nitrogens with one attached hydrogen (secondary N) is 2. The first-order valence-electron chi connectivity index (χ1n) is 8.50. The zero-order chi connectivity index (χ0) is 19.2. The van der Waals surface area contributed by atoms with Gasteiger partial charge >= 0.3 is 0 Å². The van der Waals surface area contributed by atoms with Gasteiger partial charge in [0.05, 0.1) is 12.8 Å². The van der Waals surface area contributed by atoms with Gasteiger partial charge in [0.25, 0.3) is 5.91 Å². The third kappa shape index (κ3) is 4.33. The molecule has 3 aromatic rings. The van der Waals surface area contributed by atoms with Gasteiger partial charge in [0.1, 0.15) is 5.75 Å². The smallest absolute Gasteiger partial charge is 0.256 e. The summed E-state index contributed by atoms with van der Waals surface area (Å²) in [4.78, 5) is 24.3. The Bertz CT molecular complexity index is 968. The largest absolute Gasteiger partial charge is 0.495 e. The fourth-order valence-corrected chi connectivity index (χ4v) is 2.82. The summed E-state index contributed by atoms with van der Waals surface area (Å²) >= 11 is 0. The molecule has 0 aromatic heterocycles. The van der Waals surface area contributed by atoms with E-state index in [1.165, 1.54) is 14.0 Å². The van der Waals surface area contributed by atoms with Crippen LogP contribution in [0.15, 0.2) is 72.8 Å². The average Bonchev–Trinajstić information content (AvgIpc) is 2.68. The number of anilines is 2. The van der Waals surface area contributed by atoms with E-state index in [0.717, 1.165) is 11.1 Å². The number of carbonyl (C=O) groups is 2. The molecule has 0 fully saturated rings. The van der Waals surface area contributed by atoms with Crippen molar-refractivity contribution in [2.24, 2.45) is 0 Å². The lowest BCUT2D eigenvalue weighted by atomic mass is 9.99. The monoisotopic (exact) mass is 360 g/mol. The average molecular weight is 360 g/mol. The summed E-state index contributed by atoms with van der Waals surface area (Å²) in [5.41, 5.74) is 3.45. The Kier molecular flexibility index (Phi) is 5.52. The molecule has 2 amide bonds. The van der Waals surface area contributed by atoms with Crippen LogP contribution in [0.4, 0.5) is 11.4 Å². The molecule has 0 spiro atoms. The number of amides is 2. The first kappa shape index (κ1) is 18.2. The van der Waals surface area contributed by atoms with Crippen molar-refractivity contribution in [1.82, 2.24) is 0 Å². The first-order chi connectivity index (χ1) is 13.1. The SMILES string of the molecule is COc1ccc(NC(=O)c2ccccc2-c2ccccc2)cc1NC(C)=O. The summed E-state index contributed by atoms with van der Waals surface area (Å²) < 4.78 is 5.24. The topological polar surface area (TPSA) is 67.4 Å². The molecule has 27 heavy (non-hydrogen) atoms. The van der Waals surface area contributed by atoms with Crippen LogP contribution in [-0.4, -0.2) is 18.9 Å². The van der Waals surface area contributed by atoms with Gasteiger partial charge in [-0.3, -0.25) is 9.59 Å². The molecule has 0 atom stereocenters. The second-order valence-corrected chi connectivity index (χ2v) is 5.96. The maximum Gasteiger partial charge on any atom is 0.256 e. The van der Waals surface area contributed by atoms with Gasteiger partial charge < -0.3 is 15.4 Å². The molecule has 3 rings (SSSR count). The molecule has 0 saturated carbocycles. The van der Waals surface area contributed by atoms with Crippen LogP contribution in [0.2, 0.25) is 0 Å². The Balaban J connectivity index is 1.90. The summed E-state index contributed by atoms with van der Waals surface area (Å²) in [7, 11) is 1.52. The maximum atomic E-state index is 12.9. The van der Waals surface area contributed by atoms with E-state index in [-0.39, 0.29) is 11.8 Å². The van der Waals surface area contributed by atoms with Crippen LogP contribution in [0.1, 0.15) is 17.3 Å². The van der Waals surface area contributed by atoms with Gasteiger partial charge in [-0.25, -0.2) is 0 Å². The van der Waals surface area contributed by atoms with Gasteiger partial charge in [-0.05, 0) is 35.4 Å². The van der Waals surface area contributed by atoms with E-state index >= 15 is 0 Å². The normalized spacial score (nSPS) is 10.1. The van der Waals surface area contributed by atoms with E-state index in [4.69, 9.17) is 4.74 Å². The standard InChI is InChI=1S/C22H20N2O3/c1-15(25)23-20-14-17(12-13-21(20)27-2)24-22(26)19-11-7-6-10-18(19)16-8-4-3-5-9-16/h3-14H,1-2H3,(H,23,25)(H,24,26). The second kappa shape index (κ2) is 8.19. The summed E-state index contributed by atoms with van der Waals surface area (Å²) in [6.45, 7) is 1.42. The highest BCUT2D eigenvalue weighted by Gasteiger charge is 2.14. The van der Waals surface area contributed by atoms with Crippen LogP contribution in [0, 0.1) is 0 Å². The van der Waals surface area contributed by atoms with E-state index in [1.54, 1.807) is 24.3 Å². The van der Waals surface area contributed by atoms with E-state index < -0.39 is 0 Å². The molecule has 5 heteroatoms. The highest BCUT2D eigenvalue weighted by molar-refractivity contribution is 6.09. The molecular weight excluding hydrogens is 340 g/mol. The van der Waals surface area contributed by atoms with E-state index in [1.807, 2.05) is 48.5 Å². The third-order valence-corrected chi connectivity index (χ3v) is 4.02. The van der Waals surface area contributed by atoms with Crippen molar-refractivity contribution in [2.75, 3.05) is 17.7 Å². The van der Waals surface area contributed by atoms with E-state index in [0.29, 0.717) is 22.7 Å². The van der Waals surface area contributed by atoms with Crippen molar-refractivity contribution < 1.29 is 14.3 Å². The number of hydrogen-bond acceptors (Lipinski definition) is 3. The lowest BCUT2D eigenvalue weighted by Crippen LogP contribution is -2.14. The molecule has 5 nitrogen and oxygen atoms in total. The Morgan fingerprint density at radius 2 is 1.56 bits per heavy atom. The molecule has 0 aliphatic heterocycles. The second-order valence-electron chi connectivity index (χ2n) is 5.96. The van der Waals surface area contributed by atoms with Gasteiger partial charge in [0.2, 0.25) is 5.91 Å². The maximum absolute atomic E-state index is 12.9. The van der Waals surface area contributed by atoms with E-state index in [9.17, 15) is 9.59 Å². The van der Waals surface area contributed by atoms with Gasteiger partial charge in [-0.2, -0.15) is 0 Å². The number of carbonyl (C=O) groups excluding carboxylic acids is 2. The molecule has 2 N–H and O–H groups in total. The molecule has 0 aliphatic carbocycles. The van der Waals surface area contributed by atoms with Crippen LogP contribution in [0.5, 0.6) is 5.75 Å². The van der Waals surface area contributed by atoms with Crippen molar-refractivity contribution in [3.05, 3.63) is 78.4 Å². The minimum absolute atomic E-state index is 0.216. The summed E-state index contributed by atoms with van der Waals surface area (Å²) in [6.07, 6.45) is 0. The summed E-state index contributed by atoms with van der Waals surface area (Å²) in [5, 5.41) is 5.59. The zero-order valence-electron chi connectivity index (χ0n) is 15.2. The fourth-order valence-electron chi connectivity index (χ4n) is 2.82. The lowest BCUT2D eigenvalue weighted by Gasteiger charge is -2.13. The van der Waals surface area contributed by atoms with Crippen molar-refractivity contribution in [2.45, 2.75) is 6.92 Å². The van der Waals surface area contributed by atoms with Gasteiger partial charge in [0.15, 0.2) is 0 Å². The van der Waals surface area contributed by atoms with Gasteiger partial charge in [-0.1, -0.05) is 48.5 Å². The molecule has 136 valence electrons. The molecular formula is C22H20N2O3. The number of hydrogen-bond donors (Lipinski definition) is 2. The van der Waals surface area contributed by atoms with Gasteiger partial charge in [-0.15, -0.1) is 0 Å². The Morgan fingerprint density at radius 3 is 2.26 bits per heavy atom. The number of methoxy groups -OCH3 is 1. The predicted octanol–water partition coefficient (Wildman–Crippen LogP) is 4.57. The quantitative estimate of drug-likeness (QED) is 0.700. The molecule has 0 aliphatic rings. The Morgan fingerprint density at radius 1 is 0.852 bits per heavy atom. The van der Waals surface area contributed by atoms with Crippen LogP contribution in [-0.2, 0) is 4.79 Å². The van der Waals surface area contributed by atoms with Gasteiger partial charge in [0, 0.05) is 18.2 Å². The third-order valence-electron chi connectivity index (χ3n) is 4.02. The predicted molar refractivity (Wildman–Crippen MR) is 107 cm³/mol. The molecule has 0 bridgehead atoms. The van der Waals surface area contributed by atoms with Crippen molar-refractivity contribution in [1.29, 1.82) is 0 Å². The van der Waals surface area contributed by atoms with Crippen LogP contribution >= 0.6 is 0 Å². The van der Waals surface area contributed by atoms with Crippen LogP contribution in [0.3, 0.4) is 0 Å². The number of benzene rings is 3. The highest BCUT2D eigenvalue weighted by atomic mass is 16.5. The minimum Gasteiger partial charge on any atom is -0.495 e. The van der Waals surface area contributed by atoms with Crippen LogP contribution < -0.4 is 15.4 Å². The minimum atomic E-state index is -0.228. The van der Waals surface area contributed by atoms with Crippen molar-refractivity contribution >= 4 is 23.2 Å². The number of ether oxygens (including phenoxy) is 1.